The predicted octanol–water partition coefficient (Wildman–Crippen LogP) is 5.03. The third kappa shape index (κ3) is 2.67. The summed E-state index contributed by atoms with van der Waals surface area (Å²) in [6.07, 6.45) is 4.03. The van der Waals surface area contributed by atoms with Gasteiger partial charge in [-0.3, -0.25) is 0 Å². The average Bonchev–Trinajstić information content (AvgIpc) is 3.26. The van der Waals surface area contributed by atoms with E-state index in [4.69, 9.17) is 10.7 Å². The maximum atomic E-state index is 14.7. The van der Waals surface area contributed by atoms with Gasteiger partial charge in [-0.05, 0) is 36.0 Å². The van der Waals surface area contributed by atoms with E-state index in [1.807, 2.05) is 0 Å². The summed E-state index contributed by atoms with van der Waals surface area (Å²) < 4.78 is 13.8. The van der Waals surface area contributed by atoms with Crippen molar-refractivity contribution in [1.82, 2.24) is 0 Å². The van der Waals surface area contributed by atoms with Gasteiger partial charge in [0.1, 0.15) is 22.5 Å². The molecular formula is C21H25FN4S2. The molecule has 1 heterocycles. The van der Waals surface area contributed by atoms with E-state index in [0.29, 0.717) is 5.56 Å². The molecule has 3 atom stereocenters. The highest BCUT2D eigenvalue weighted by atomic mass is 32.2. The van der Waals surface area contributed by atoms with E-state index in [1.54, 1.807) is 41.7 Å². The van der Waals surface area contributed by atoms with Crippen molar-refractivity contribution >= 4 is 29.4 Å². The lowest BCUT2D eigenvalue weighted by atomic mass is 9.97. The second kappa shape index (κ2) is 7.97. The average molecular weight is 417 g/mol. The number of unbranched alkanes of at least 4 members (excludes halogenated alkanes) is 2. The minimum absolute atomic E-state index is 0.179. The van der Waals surface area contributed by atoms with Crippen LogP contribution in [0.1, 0.15) is 51.0 Å². The van der Waals surface area contributed by atoms with Crippen molar-refractivity contribution in [3.8, 4) is 12.1 Å². The van der Waals surface area contributed by atoms with Crippen LogP contribution < -0.4 is 5.73 Å². The highest BCUT2D eigenvalue weighted by Crippen LogP contribution is 2.85. The maximum absolute atomic E-state index is 14.7. The number of hydrogen-bond donors (Lipinski definition) is 1. The molecule has 2 aliphatic rings. The largest absolute Gasteiger partial charge is 0.386 e. The first kappa shape index (κ1) is 21.0. The fourth-order valence-corrected chi connectivity index (χ4v) is 7.93. The van der Waals surface area contributed by atoms with Gasteiger partial charge in [0, 0.05) is 5.92 Å². The number of rotatable bonds is 9. The molecular weight excluding hydrogens is 391 g/mol. The van der Waals surface area contributed by atoms with E-state index in [9.17, 15) is 14.9 Å². The summed E-state index contributed by atoms with van der Waals surface area (Å²) in [5.74, 6) is 0.822. The zero-order valence-electron chi connectivity index (χ0n) is 16.2. The zero-order chi connectivity index (χ0) is 20.4. The number of fused-ring (bicyclic) bond motifs is 1. The Morgan fingerprint density at radius 3 is 2.21 bits per heavy atom. The van der Waals surface area contributed by atoms with Crippen molar-refractivity contribution in [2.24, 2.45) is 21.6 Å². The van der Waals surface area contributed by atoms with Gasteiger partial charge in [0.2, 0.25) is 0 Å². The van der Waals surface area contributed by atoms with Crippen LogP contribution in [0.3, 0.4) is 0 Å². The van der Waals surface area contributed by atoms with Crippen LogP contribution in [0, 0.1) is 39.3 Å². The zero-order valence-corrected chi connectivity index (χ0v) is 17.9. The molecule has 0 aromatic heterocycles. The monoisotopic (exact) mass is 416 g/mol. The van der Waals surface area contributed by atoms with Crippen LogP contribution >= 0.6 is 23.5 Å². The molecule has 0 bridgehead atoms. The Morgan fingerprint density at radius 2 is 1.71 bits per heavy atom. The first-order valence-electron chi connectivity index (χ1n) is 9.72. The van der Waals surface area contributed by atoms with Gasteiger partial charge < -0.3 is 5.73 Å². The molecule has 0 radical (unpaired) electrons. The van der Waals surface area contributed by atoms with Crippen molar-refractivity contribution in [3.05, 3.63) is 35.6 Å². The topological polar surface area (TPSA) is 86.0 Å². The van der Waals surface area contributed by atoms with Crippen LogP contribution in [0.25, 0.3) is 0 Å². The highest BCUT2D eigenvalue weighted by molar-refractivity contribution is 8.18. The van der Waals surface area contributed by atoms with Crippen molar-refractivity contribution in [1.29, 1.82) is 10.5 Å². The van der Waals surface area contributed by atoms with Crippen LogP contribution in [-0.2, 0) is 0 Å². The van der Waals surface area contributed by atoms with Gasteiger partial charge >= 0.3 is 0 Å². The molecule has 148 valence electrons. The molecule has 3 unspecified atom stereocenters. The Balaban J connectivity index is 2.12. The standard InChI is InChI=1S/C21H25FN4S2/c1-3-5-11-27-21(28-12-6-4-2)20(14-24)17(15-9-7-8-10-16(15)22)19(20,13-23)18(25)26-21/h7-10,17H,3-6,11-12H2,1-2H3,(H2,25,26). The van der Waals surface area contributed by atoms with Crippen LogP contribution in [0.15, 0.2) is 29.3 Å². The molecule has 1 aliphatic heterocycles. The molecule has 1 aromatic rings. The summed E-state index contributed by atoms with van der Waals surface area (Å²) in [5.41, 5.74) is 4.29. The van der Waals surface area contributed by atoms with E-state index in [1.165, 1.54) is 6.07 Å². The minimum Gasteiger partial charge on any atom is -0.386 e. The number of halogens is 1. The third-order valence-electron chi connectivity index (χ3n) is 5.73. The van der Waals surface area contributed by atoms with Crippen molar-refractivity contribution in [2.75, 3.05) is 11.5 Å². The maximum Gasteiger partial charge on any atom is 0.175 e. The second-order valence-electron chi connectivity index (χ2n) is 7.28. The Morgan fingerprint density at radius 1 is 1.11 bits per heavy atom. The van der Waals surface area contributed by atoms with Gasteiger partial charge in [0.15, 0.2) is 4.20 Å². The van der Waals surface area contributed by atoms with Crippen LogP contribution in [0.4, 0.5) is 4.39 Å². The lowest BCUT2D eigenvalue weighted by Crippen LogP contribution is -2.32. The van der Waals surface area contributed by atoms with E-state index in [0.717, 1.165) is 37.2 Å². The molecule has 1 saturated carbocycles. The Kier molecular flexibility index (Phi) is 5.98. The normalized spacial score (nSPS) is 29.5. The first-order chi connectivity index (χ1) is 13.5. The van der Waals surface area contributed by atoms with Crippen LogP contribution in [0.5, 0.6) is 0 Å². The van der Waals surface area contributed by atoms with E-state index >= 15 is 0 Å². The number of thioether (sulfide) groups is 2. The van der Waals surface area contributed by atoms with E-state index < -0.39 is 26.8 Å². The van der Waals surface area contributed by atoms with Crippen molar-refractivity contribution in [2.45, 2.75) is 49.7 Å². The van der Waals surface area contributed by atoms with Crippen LogP contribution in [0.2, 0.25) is 0 Å². The Labute approximate surface area is 174 Å². The molecule has 4 nitrogen and oxygen atoms in total. The summed E-state index contributed by atoms with van der Waals surface area (Å²) >= 11 is 3.20. The van der Waals surface area contributed by atoms with Gasteiger partial charge in [0.25, 0.3) is 0 Å². The fourth-order valence-electron chi connectivity index (χ4n) is 4.24. The molecule has 1 fully saturated rings. The number of benzene rings is 1. The van der Waals surface area contributed by atoms with Gasteiger partial charge in [-0.25, -0.2) is 9.38 Å². The van der Waals surface area contributed by atoms with Gasteiger partial charge in [-0.15, -0.1) is 23.5 Å². The molecule has 28 heavy (non-hydrogen) atoms. The fraction of sp³-hybridized carbons (Fsp3) is 0.571. The molecule has 0 saturated heterocycles. The number of hydrogen-bond acceptors (Lipinski definition) is 6. The summed E-state index contributed by atoms with van der Waals surface area (Å²) in [5, 5.41) is 20.5. The number of aliphatic imine (C=N–C) groups is 1. The van der Waals surface area contributed by atoms with Crippen molar-refractivity contribution < 1.29 is 4.39 Å². The lowest BCUT2D eigenvalue weighted by molar-refractivity contribution is 0.550. The molecule has 1 aromatic carbocycles. The minimum atomic E-state index is -1.26. The van der Waals surface area contributed by atoms with Gasteiger partial charge in [0.05, 0.1) is 12.1 Å². The summed E-state index contributed by atoms with van der Waals surface area (Å²) in [4.78, 5) is 4.74. The number of nitrogens with two attached hydrogens (primary N) is 1. The molecule has 1 aliphatic carbocycles. The van der Waals surface area contributed by atoms with Gasteiger partial charge in [-0.2, -0.15) is 10.5 Å². The summed E-state index contributed by atoms with van der Waals surface area (Å²) in [6.45, 7) is 4.23. The molecule has 0 spiro atoms. The van der Waals surface area contributed by atoms with Crippen molar-refractivity contribution in [3.63, 3.8) is 0 Å². The third-order valence-corrected chi connectivity index (χ3v) is 9.04. The lowest BCUT2D eigenvalue weighted by Gasteiger charge is -2.32. The highest BCUT2D eigenvalue weighted by Gasteiger charge is 2.92. The summed E-state index contributed by atoms with van der Waals surface area (Å²) in [7, 11) is 0. The van der Waals surface area contributed by atoms with E-state index in [-0.39, 0.29) is 5.84 Å². The SMILES string of the molecule is CCCCSC1(SCCCC)N=C(N)C2(C#N)C(c3ccccc3F)C12C#N. The molecule has 2 N–H and O–H groups in total. The Hall–Kier alpha value is -1.70. The van der Waals surface area contributed by atoms with Crippen LogP contribution in [-0.4, -0.2) is 21.5 Å². The second-order valence-corrected chi connectivity index (χ2v) is 10.1. The summed E-state index contributed by atoms with van der Waals surface area (Å²) in [6, 6.07) is 11.1. The first-order valence-corrected chi connectivity index (χ1v) is 11.7. The number of amidine groups is 1. The number of nitriles is 2. The smallest absolute Gasteiger partial charge is 0.175 e. The Bertz CT molecular complexity index is 849. The quantitative estimate of drug-likeness (QED) is 0.450. The molecule has 0 amide bonds. The molecule has 7 heteroatoms. The van der Waals surface area contributed by atoms with E-state index in [2.05, 4.69) is 26.0 Å². The predicted molar refractivity (Wildman–Crippen MR) is 114 cm³/mol. The molecule has 3 rings (SSSR count). The number of nitrogens with zero attached hydrogens (tertiary/aromatic N) is 3. The van der Waals surface area contributed by atoms with Gasteiger partial charge in [-0.1, -0.05) is 44.9 Å².